The van der Waals surface area contributed by atoms with E-state index >= 15 is 0 Å². The van der Waals surface area contributed by atoms with Gasteiger partial charge in [0.25, 0.3) is 0 Å². The molecule has 1 atom stereocenters. The highest BCUT2D eigenvalue weighted by Crippen LogP contribution is 2.49. The number of hydrogen-bond donors (Lipinski definition) is 0. The lowest BCUT2D eigenvalue weighted by Gasteiger charge is -2.45. The summed E-state index contributed by atoms with van der Waals surface area (Å²) in [5.41, 5.74) is -0.0580. The summed E-state index contributed by atoms with van der Waals surface area (Å²) in [5, 5.41) is 0. The van der Waals surface area contributed by atoms with Gasteiger partial charge in [0.1, 0.15) is 6.10 Å². The zero-order valence-corrected chi connectivity index (χ0v) is 18.7. The molecule has 0 spiro atoms. The SMILES string of the molecule is CCC(C)(C)CC(C)(C(=O)OC1CCC(C(C)(C)C)CC1)C(C)(C)C. The van der Waals surface area contributed by atoms with Crippen molar-refractivity contribution in [1.29, 1.82) is 0 Å². The quantitative estimate of drug-likeness (QED) is 0.497. The van der Waals surface area contributed by atoms with Gasteiger partial charge in [0.15, 0.2) is 0 Å². The molecule has 0 radical (unpaired) electrons. The predicted octanol–water partition coefficient (Wildman–Crippen LogP) is 7.01. The third kappa shape index (κ3) is 5.73. The van der Waals surface area contributed by atoms with Crippen molar-refractivity contribution in [1.82, 2.24) is 0 Å². The van der Waals surface area contributed by atoms with Crippen LogP contribution in [-0.4, -0.2) is 12.1 Å². The normalized spacial score (nSPS) is 25.4. The number of carbonyl (C=O) groups is 1. The van der Waals surface area contributed by atoms with Gasteiger partial charge < -0.3 is 4.74 Å². The van der Waals surface area contributed by atoms with Gasteiger partial charge in [-0.2, -0.15) is 0 Å². The summed E-state index contributed by atoms with van der Waals surface area (Å²) in [5.74, 6) is 0.760. The van der Waals surface area contributed by atoms with Crippen LogP contribution in [0.5, 0.6) is 0 Å². The van der Waals surface area contributed by atoms with Crippen LogP contribution in [0.1, 0.15) is 108 Å². The molecule has 2 heteroatoms. The van der Waals surface area contributed by atoms with Crippen LogP contribution in [-0.2, 0) is 9.53 Å². The molecule has 1 saturated carbocycles. The molecule has 1 fully saturated rings. The van der Waals surface area contributed by atoms with E-state index in [0.29, 0.717) is 5.41 Å². The molecule has 0 amide bonds. The Morgan fingerprint density at radius 3 is 1.72 bits per heavy atom. The fraction of sp³-hybridized carbons (Fsp3) is 0.957. The Morgan fingerprint density at radius 2 is 1.36 bits per heavy atom. The Bertz CT molecular complexity index is 442. The largest absolute Gasteiger partial charge is 0.462 e. The third-order valence-electron chi connectivity index (χ3n) is 7.07. The molecule has 0 bridgehead atoms. The molecule has 1 aliphatic carbocycles. The molecule has 148 valence electrons. The van der Waals surface area contributed by atoms with Gasteiger partial charge in [-0.3, -0.25) is 4.79 Å². The predicted molar refractivity (Wildman–Crippen MR) is 108 cm³/mol. The molecule has 0 aliphatic heterocycles. The Morgan fingerprint density at radius 1 is 0.880 bits per heavy atom. The molecule has 0 saturated heterocycles. The Hall–Kier alpha value is -0.530. The molecule has 1 rings (SSSR count). The zero-order valence-electron chi connectivity index (χ0n) is 18.7. The topological polar surface area (TPSA) is 26.3 Å². The van der Waals surface area contributed by atoms with Gasteiger partial charge in [-0.05, 0) is 61.2 Å². The highest BCUT2D eigenvalue weighted by atomic mass is 16.5. The Balaban J connectivity index is 2.81. The maximum Gasteiger partial charge on any atom is 0.312 e. The average Bonchev–Trinajstić information content (AvgIpc) is 2.45. The zero-order chi connectivity index (χ0) is 19.7. The van der Waals surface area contributed by atoms with Crippen molar-refractivity contribution in [3.8, 4) is 0 Å². The van der Waals surface area contributed by atoms with Crippen molar-refractivity contribution in [2.75, 3.05) is 0 Å². The first-order valence-corrected chi connectivity index (χ1v) is 10.3. The lowest BCUT2D eigenvalue weighted by molar-refractivity contribution is -0.173. The van der Waals surface area contributed by atoms with Gasteiger partial charge in [-0.25, -0.2) is 0 Å². The highest BCUT2D eigenvalue weighted by Gasteiger charge is 2.49. The van der Waals surface area contributed by atoms with Gasteiger partial charge in [0.2, 0.25) is 0 Å². The first-order chi connectivity index (χ1) is 11.1. The lowest BCUT2D eigenvalue weighted by Crippen LogP contribution is -2.46. The minimum absolute atomic E-state index is 0.0146. The molecule has 0 aromatic rings. The summed E-state index contributed by atoms with van der Waals surface area (Å²) in [4.78, 5) is 13.2. The van der Waals surface area contributed by atoms with Gasteiger partial charge >= 0.3 is 5.97 Å². The van der Waals surface area contributed by atoms with Crippen LogP contribution in [0.15, 0.2) is 0 Å². The fourth-order valence-electron chi connectivity index (χ4n) is 4.05. The molecule has 1 aliphatic rings. The van der Waals surface area contributed by atoms with Crippen LogP contribution in [0, 0.1) is 27.6 Å². The standard InChI is InChI=1S/C23H44O2/c1-11-22(8,9)16-23(10,21(5,6)7)19(24)25-18-14-12-17(13-15-18)20(2,3)4/h17-18H,11-16H2,1-10H3. The van der Waals surface area contributed by atoms with E-state index in [1.54, 1.807) is 0 Å². The van der Waals surface area contributed by atoms with Crippen molar-refractivity contribution in [3.63, 3.8) is 0 Å². The number of carbonyl (C=O) groups excluding carboxylic acids is 1. The lowest BCUT2D eigenvalue weighted by atomic mass is 9.60. The summed E-state index contributed by atoms with van der Waals surface area (Å²) >= 11 is 0. The summed E-state index contributed by atoms with van der Waals surface area (Å²) in [7, 11) is 0. The minimum Gasteiger partial charge on any atom is -0.462 e. The second kappa shape index (κ2) is 7.61. The van der Waals surface area contributed by atoms with Gasteiger partial charge in [-0.1, -0.05) is 68.7 Å². The monoisotopic (exact) mass is 352 g/mol. The van der Waals surface area contributed by atoms with E-state index in [9.17, 15) is 4.79 Å². The molecule has 0 aromatic carbocycles. The van der Waals surface area contributed by atoms with Crippen molar-refractivity contribution in [3.05, 3.63) is 0 Å². The highest BCUT2D eigenvalue weighted by molar-refractivity contribution is 5.77. The van der Waals surface area contributed by atoms with E-state index in [1.165, 1.54) is 12.8 Å². The van der Waals surface area contributed by atoms with Crippen LogP contribution in [0.3, 0.4) is 0 Å². The smallest absolute Gasteiger partial charge is 0.312 e. The van der Waals surface area contributed by atoms with E-state index in [1.807, 2.05) is 0 Å². The number of esters is 1. The first kappa shape index (κ1) is 22.5. The first-order valence-electron chi connectivity index (χ1n) is 10.3. The fourth-order valence-corrected chi connectivity index (χ4v) is 4.05. The van der Waals surface area contributed by atoms with Crippen molar-refractivity contribution >= 4 is 5.97 Å². The Kier molecular flexibility index (Phi) is 6.85. The van der Waals surface area contributed by atoms with Crippen molar-refractivity contribution in [2.45, 2.75) is 114 Å². The molecule has 25 heavy (non-hydrogen) atoms. The number of ether oxygens (including phenoxy) is 1. The molecule has 0 aromatic heterocycles. The molecular weight excluding hydrogens is 308 g/mol. The number of hydrogen-bond acceptors (Lipinski definition) is 2. The van der Waals surface area contributed by atoms with Gasteiger partial charge in [-0.15, -0.1) is 0 Å². The Labute approximate surface area is 157 Å². The van der Waals surface area contributed by atoms with E-state index in [4.69, 9.17) is 4.74 Å². The second-order valence-corrected chi connectivity index (χ2v) is 11.5. The molecule has 0 N–H and O–H groups in total. The third-order valence-corrected chi connectivity index (χ3v) is 7.07. The average molecular weight is 353 g/mol. The maximum absolute atomic E-state index is 13.2. The molecular formula is C23H44O2. The van der Waals surface area contributed by atoms with Crippen LogP contribution in [0.2, 0.25) is 0 Å². The van der Waals surface area contributed by atoms with Crippen molar-refractivity contribution < 1.29 is 9.53 Å². The minimum atomic E-state index is -0.451. The number of rotatable bonds is 5. The summed E-state index contributed by atoms with van der Waals surface area (Å²) in [6, 6.07) is 0. The molecule has 1 unspecified atom stereocenters. The van der Waals surface area contributed by atoms with Crippen LogP contribution < -0.4 is 0 Å². The second-order valence-electron chi connectivity index (χ2n) is 11.5. The van der Waals surface area contributed by atoms with Gasteiger partial charge in [0.05, 0.1) is 5.41 Å². The summed E-state index contributed by atoms with van der Waals surface area (Å²) in [6.45, 7) is 22.4. The summed E-state index contributed by atoms with van der Waals surface area (Å²) < 4.78 is 6.10. The van der Waals surface area contributed by atoms with Crippen LogP contribution in [0.25, 0.3) is 0 Å². The van der Waals surface area contributed by atoms with E-state index < -0.39 is 5.41 Å². The van der Waals surface area contributed by atoms with Crippen LogP contribution in [0.4, 0.5) is 0 Å². The summed E-state index contributed by atoms with van der Waals surface area (Å²) in [6.07, 6.45) is 6.44. The van der Waals surface area contributed by atoms with Crippen molar-refractivity contribution in [2.24, 2.45) is 27.6 Å². The van der Waals surface area contributed by atoms with E-state index in [-0.39, 0.29) is 22.9 Å². The van der Waals surface area contributed by atoms with Gasteiger partial charge in [0, 0.05) is 0 Å². The molecule has 2 nitrogen and oxygen atoms in total. The maximum atomic E-state index is 13.2. The van der Waals surface area contributed by atoms with E-state index in [0.717, 1.165) is 31.6 Å². The van der Waals surface area contributed by atoms with Crippen LogP contribution >= 0.6 is 0 Å². The van der Waals surface area contributed by atoms with E-state index in [2.05, 4.69) is 69.2 Å². The molecule has 0 heterocycles.